The van der Waals surface area contributed by atoms with Gasteiger partial charge >= 0.3 is 5.97 Å². The van der Waals surface area contributed by atoms with Gasteiger partial charge in [-0.05, 0) is 258 Å². The Bertz CT molecular complexity index is 3610. The predicted octanol–water partition coefficient (Wildman–Crippen LogP) is 10.9. The quantitative estimate of drug-likeness (QED) is 0.0641. The first-order valence-electron chi connectivity index (χ1n) is 35.8. The number of allylic oxidation sites excluding steroid dienone is 2. The van der Waals surface area contributed by atoms with Crippen LogP contribution in [-0.4, -0.2) is 91.6 Å². The van der Waals surface area contributed by atoms with E-state index in [-0.39, 0.29) is 78.0 Å². The number of nitrogens with one attached hydrogen (secondary N) is 1. The van der Waals surface area contributed by atoms with Crippen LogP contribution in [0.5, 0.6) is 0 Å². The fourth-order valence-electron chi connectivity index (χ4n) is 29.4. The predicted molar refractivity (Wildman–Crippen MR) is 335 cm³/mol. The molecule has 10 nitrogen and oxygen atoms in total. The zero-order valence-corrected chi connectivity index (χ0v) is 52.2. The van der Waals surface area contributed by atoms with Crippen molar-refractivity contribution < 1.29 is 44.6 Å². The minimum Gasteiger partial charge on any atom is -0.454 e. The van der Waals surface area contributed by atoms with Crippen LogP contribution in [-0.2, 0) is 44.9 Å². The number of aliphatic hydroxyl groups excluding tert-OH is 2. The van der Waals surface area contributed by atoms with E-state index in [1.807, 2.05) is 25.2 Å². The molecule has 12 fully saturated rings. The normalized spacial score (nSPS) is 52.6. The third-order valence-electron chi connectivity index (χ3n) is 31.9. The number of esters is 1. The molecule has 2 saturated heterocycles. The zero-order chi connectivity index (χ0) is 60.0. The molecular formula is C79H93NO9. The molecule has 0 radical (unpaired) electrons. The number of aliphatic hydroxyl groups is 5. The Balaban J connectivity index is 0.841. The highest BCUT2D eigenvalue weighted by molar-refractivity contribution is 5.86. The molecule has 21 rings (SSSR count). The van der Waals surface area contributed by atoms with Gasteiger partial charge in [-0.25, -0.2) is 4.79 Å². The fourth-order valence-corrected chi connectivity index (χ4v) is 29.4. The Hall–Kier alpha value is -4.44. The van der Waals surface area contributed by atoms with E-state index in [4.69, 9.17) is 9.47 Å². The maximum atomic E-state index is 16.5. The number of hydrogen-bond acceptors (Lipinski definition) is 10. The number of rotatable bonds is 4. The SMILES string of the molecule is CNC1Cc2c(cccc2CO)C#CCCC23CCC4C5(C=O)CC67C8CC9CC(c%10ccccc%10)CCC96CCC8C68CCC9(CC%10C=CCC(C%11CCC(Cc%12cccc(c%12)C6)C%11)C%10CC(C(O)C4(O)C2(O)CC2CC1C1OC(=O)C=C1C23)C59O)C7O8. The summed E-state index contributed by atoms with van der Waals surface area (Å²) in [6.45, 7) is -0.125. The van der Waals surface area contributed by atoms with Crippen molar-refractivity contribution in [2.45, 2.75) is 213 Å². The van der Waals surface area contributed by atoms with Crippen LogP contribution in [0, 0.1) is 116 Å². The molecule has 3 aromatic carbocycles. The zero-order valence-electron chi connectivity index (χ0n) is 52.2. The lowest BCUT2D eigenvalue weighted by molar-refractivity contribution is -0.447. The van der Waals surface area contributed by atoms with Gasteiger partial charge in [0.15, 0.2) is 0 Å². The summed E-state index contributed by atoms with van der Waals surface area (Å²) in [5.41, 5.74) is -2.93. The summed E-state index contributed by atoms with van der Waals surface area (Å²) in [6, 6.07) is 26.6. The van der Waals surface area contributed by atoms with E-state index in [0.717, 1.165) is 99.3 Å². The summed E-state index contributed by atoms with van der Waals surface area (Å²) >= 11 is 0. The van der Waals surface area contributed by atoms with Gasteiger partial charge in [0.25, 0.3) is 0 Å². The van der Waals surface area contributed by atoms with Crippen molar-refractivity contribution in [3.8, 4) is 11.8 Å². The fraction of sp³-hybridized carbons (Fsp3) is 0.671. The number of carbonyl (C=O) groups excluding carboxylic acids is 2. The second-order valence-corrected chi connectivity index (χ2v) is 33.6. The number of likely N-dealkylation sites (N-methyl/N-ethyl adjacent to an activating group) is 1. The minimum absolute atomic E-state index is 0.0803. The molecule has 18 aliphatic rings. The molecule has 0 amide bonds. The van der Waals surface area contributed by atoms with E-state index in [2.05, 4.69) is 83.9 Å². The van der Waals surface area contributed by atoms with Crippen molar-refractivity contribution >= 4 is 12.3 Å². The van der Waals surface area contributed by atoms with Crippen molar-refractivity contribution in [1.29, 1.82) is 0 Å². The molecule has 4 heterocycles. The van der Waals surface area contributed by atoms with Gasteiger partial charge in [-0.3, -0.25) is 0 Å². The molecule has 18 bridgehead atoms. The number of benzene rings is 3. The summed E-state index contributed by atoms with van der Waals surface area (Å²) < 4.78 is 15.2. The Kier molecular flexibility index (Phi) is 11.9. The Morgan fingerprint density at radius 2 is 1.61 bits per heavy atom. The first-order valence-corrected chi connectivity index (χ1v) is 35.8. The molecule has 6 N–H and O–H groups in total. The van der Waals surface area contributed by atoms with Crippen molar-refractivity contribution in [1.82, 2.24) is 5.32 Å². The van der Waals surface area contributed by atoms with E-state index in [1.54, 1.807) is 6.08 Å². The summed E-state index contributed by atoms with van der Waals surface area (Å²) in [5.74, 6) is 6.88. The second kappa shape index (κ2) is 18.9. The Morgan fingerprint density at radius 1 is 0.764 bits per heavy atom. The molecule has 27 unspecified atom stereocenters. The number of fused-ring (bicyclic) bond motifs is 7. The van der Waals surface area contributed by atoms with Crippen LogP contribution < -0.4 is 5.32 Å². The van der Waals surface area contributed by atoms with E-state index in [9.17, 15) is 15.0 Å². The molecular weight excluding hydrogens is 1110 g/mol. The van der Waals surface area contributed by atoms with E-state index in [1.165, 1.54) is 29.4 Å². The summed E-state index contributed by atoms with van der Waals surface area (Å²) in [5, 5.41) is 76.3. The third kappa shape index (κ3) is 6.63. The van der Waals surface area contributed by atoms with Crippen molar-refractivity contribution in [2.24, 2.45) is 104 Å². The highest BCUT2D eigenvalue weighted by atomic mass is 16.5. The molecule has 27 atom stereocenters. The molecule has 4 aliphatic heterocycles. The van der Waals surface area contributed by atoms with Gasteiger partial charge in [0.2, 0.25) is 0 Å². The lowest BCUT2D eigenvalue weighted by atomic mass is 9.25. The lowest BCUT2D eigenvalue weighted by Gasteiger charge is -2.83. The maximum absolute atomic E-state index is 16.5. The van der Waals surface area contributed by atoms with Gasteiger partial charge in [-0.2, -0.15) is 0 Å². The summed E-state index contributed by atoms with van der Waals surface area (Å²) in [6.07, 6.45) is 24.1. The second-order valence-electron chi connectivity index (χ2n) is 33.6. The van der Waals surface area contributed by atoms with Crippen LogP contribution in [0.2, 0.25) is 0 Å². The number of aldehydes is 1. The van der Waals surface area contributed by atoms with Crippen LogP contribution in [0.4, 0.5) is 0 Å². The van der Waals surface area contributed by atoms with Crippen molar-refractivity contribution in [2.75, 3.05) is 7.05 Å². The van der Waals surface area contributed by atoms with Crippen LogP contribution in [0.1, 0.15) is 174 Å². The molecule has 5 spiro atoms. The van der Waals surface area contributed by atoms with Gasteiger partial charge in [-0.1, -0.05) is 90.7 Å². The number of carbonyl (C=O) groups is 2. The van der Waals surface area contributed by atoms with Crippen molar-refractivity contribution in [3.63, 3.8) is 0 Å². The molecule has 0 aromatic heterocycles. The van der Waals surface area contributed by atoms with E-state index in [0.29, 0.717) is 93.8 Å². The molecule has 10 heteroatoms. The highest BCUT2D eigenvalue weighted by Gasteiger charge is 2.93. The van der Waals surface area contributed by atoms with Crippen molar-refractivity contribution in [3.05, 3.63) is 130 Å². The van der Waals surface area contributed by atoms with Gasteiger partial charge in [0.1, 0.15) is 23.6 Å². The Labute approximate surface area is 525 Å². The van der Waals surface area contributed by atoms with Crippen LogP contribution in [0.3, 0.4) is 0 Å². The topological polar surface area (TPSA) is 166 Å². The lowest BCUT2D eigenvalue weighted by Crippen LogP contribution is -2.91. The van der Waals surface area contributed by atoms with Gasteiger partial charge in [-0.15, -0.1) is 0 Å². The highest BCUT2D eigenvalue weighted by Crippen LogP contribution is 2.90. The Morgan fingerprint density at radius 3 is 2.46 bits per heavy atom. The van der Waals surface area contributed by atoms with Gasteiger partial charge in [0.05, 0.1) is 35.4 Å². The number of ether oxygens (including phenoxy) is 2. The average Bonchev–Trinajstić information content (AvgIpc) is 1.61. The van der Waals surface area contributed by atoms with E-state index >= 15 is 20.1 Å². The smallest absolute Gasteiger partial charge is 0.331 e. The first kappa shape index (κ1) is 56.1. The molecule has 3 aromatic rings. The monoisotopic (exact) mass is 1200 g/mol. The van der Waals surface area contributed by atoms with Crippen LogP contribution in [0.15, 0.2) is 96.6 Å². The number of hydrogen-bond donors (Lipinski definition) is 6. The summed E-state index contributed by atoms with van der Waals surface area (Å²) in [4.78, 5) is 30.6. The molecule has 14 aliphatic carbocycles. The minimum atomic E-state index is -2.24. The first-order chi connectivity index (χ1) is 43.2. The standard InChI is InChI=1S/C79H93NO9/c1-80-64-37-57-49(15-8-17-53(57)42-81)14-5-6-24-72-27-23-65-74(44-82)43-76-62-35-55-33-50(48-12-3-2-4-13-48)21-25-71(55,76)26-22-61(62)75-29-28-73(70(76)89-75)40-52-16-9-18-56(51-20-19-46(32-51)30-45-10-7-11-47(31-45)39-75)58(52)36-63(79(73,74)87)69(84)78(65,86)77(72,85)41-54-34-59(64)68-60(67(54)72)38-66(83)88-68/h2-4,7-13,15-17,31,38,44,46,50-52,54-56,58-59,61-65,67-70,80-81,84-87H,6,18-30,32-37,39-43H2,1H3. The molecule has 468 valence electrons. The maximum Gasteiger partial charge on any atom is 0.331 e. The summed E-state index contributed by atoms with van der Waals surface area (Å²) in [7, 11) is 1.96. The van der Waals surface area contributed by atoms with Crippen LogP contribution >= 0.6 is 0 Å². The largest absolute Gasteiger partial charge is 0.454 e. The van der Waals surface area contributed by atoms with E-state index < -0.39 is 68.1 Å². The van der Waals surface area contributed by atoms with Crippen LogP contribution in [0.25, 0.3) is 0 Å². The molecule has 10 saturated carbocycles. The average molecular weight is 1200 g/mol. The van der Waals surface area contributed by atoms with Gasteiger partial charge < -0.3 is 45.1 Å². The van der Waals surface area contributed by atoms with Gasteiger partial charge in [0, 0.05) is 64.5 Å². The molecule has 89 heavy (non-hydrogen) atoms. The third-order valence-corrected chi connectivity index (χ3v) is 31.9.